The van der Waals surface area contributed by atoms with Gasteiger partial charge in [0.15, 0.2) is 0 Å². The van der Waals surface area contributed by atoms with Crippen LogP contribution in [-0.4, -0.2) is 49.6 Å². The molecule has 0 aromatic heterocycles. The summed E-state index contributed by atoms with van der Waals surface area (Å²) in [5.74, 6) is -0.321. The molecule has 4 rings (SSSR count). The van der Waals surface area contributed by atoms with Crippen molar-refractivity contribution in [3.63, 3.8) is 0 Å². The number of hydrogen-bond acceptors (Lipinski definition) is 4. The Morgan fingerprint density at radius 1 is 0.972 bits per heavy atom. The van der Waals surface area contributed by atoms with Crippen LogP contribution in [0.3, 0.4) is 0 Å². The minimum atomic E-state index is -0.369. The maximum Gasteiger partial charge on any atom is 0.305 e. The van der Waals surface area contributed by atoms with E-state index in [9.17, 15) is 18.4 Å². The van der Waals surface area contributed by atoms with E-state index in [-0.39, 0.29) is 29.4 Å². The van der Waals surface area contributed by atoms with Crippen LogP contribution in [0.4, 0.5) is 14.5 Å². The van der Waals surface area contributed by atoms with Crippen LogP contribution in [0.1, 0.15) is 68.9 Å². The molecule has 0 radical (unpaired) electrons. The third kappa shape index (κ3) is 6.69. The third-order valence-corrected chi connectivity index (χ3v) is 7.42. The number of likely N-dealkylation sites (tertiary alicyclic amines) is 1. The first-order valence-corrected chi connectivity index (χ1v) is 13.2. The lowest BCUT2D eigenvalue weighted by Crippen LogP contribution is -2.44. The molecule has 0 N–H and O–H groups in total. The van der Waals surface area contributed by atoms with Crippen LogP contribution in [0, 0.1) is 17.6 Å². The summed E-state index contributed by atoms with van der Waals surface area (Å²) >= 11 is 0. The number of carbonyl (C=O) groups is 2. The first-order chi connectivity index (χ1) is 17.4. The molecular formula is C29H36F2N2O3. The van der Waals surface area contributed by atoms with Crippen molar-refractivity contribution in [2.45, 2.75) is 57.8 Å². The molecule has 2 aromatic carbocycles. The molecule has 0 bridgehead atoms. The van der Waals surface area contributed by atoms with Crippen LogP contribution in [0.25, 0.3) is 0 Å². The fourth-order valence-corrected chi connectivity index (χ4v) is 5.40. The summed E-state index contributed by atoms with van der Waals surface area (Å²) in [5, 5.41) is 0. The van der Waals surface area contributed by atoms with Crippen LogP contribution >= 0.6 is 0 Å². The van der Waals surface area contributed by atoms with Gasteiger partial charge in [-0.3, -0.25) is 14.5 Å². The number of carbonyl (C=O) groups excluding carboxylic acids is 2. The van der Waals surface area contributed by atoms with Crippen molar-refractivity contribution in [3.05, 3.63) is 65.2 Å². The van der Waals surface area contributed by atoms with Gasteiger partial charge in [-0.2, -0.15) is 0 Å². The van der Waals surface area contributed by atoms with Gasteiger partial charge < -0.3 is 9.64 Å². The van der Waals surface area contributed by atoms with Gasteiger partial charge >= 0.3 is 5.97 Å². The highest BCUT2D eigenvalue weighted by Crippen LogP contribution is 2.39. The van der Waals surface area contributed by atoms with Crippen LogP contribution in [0.15, 0.2) is 42.5 Å². The summed E-state index contributed by atoms with van der Waals surface area (Å²) in [4.78, 5) is 28.9. The quantitative estimate of drug-likeness (QED) is 0.440. The first-order valence-electron chi connectivity index (χ1n) is 13.2. The van der Waals surface area contributed by atoms with Gasteiger partial charge in [-0.15, -0.1) is 0 Å². The molecule has 0 aliphatic carbocycles. The molecule has 2 aromatic rings. The Balaban J connectivity index is 1.37. The molecule has 1 unspecified atom stereocenters. The van der Waals surface area contributed by atoms with Gasteiger partial charge in [-0.25, -0.2) is 8.78 Å². The largest absolute Gasteiger partial charge is 0.466 e. The van der Waals surface area contributed by atoms with Gasteiger partial charge in [-0.1, -0.05) is 25.1 Å². The van der Waals surface area contributed by atoms with Crippen molar-refractivity contribution >= 4 is 17.6 Å². The van der Waals surface area contributed by atoms with Crippen molar-refractivity contribution in [2.24, 2.45) is 5.92 Å². The van der Waals surface area contributed by atoms with E-state index in [4.69, 9.17) is 4.74 Å². The Morgan fingerprint density at radius 3 is 2.42 bits per heavy atom. The van der Waals surface area contributed by atoms with Crippen molar-refractivity contribution in [2.75, 3.05) is 37.7 Å². The molecule has 2 aliphatic rings. The van der Waals surface area contributed by atoms with E-state index in [1.54, 1.807) is 23.1 Å². The molecule has 1 atom stereocenters. The van der Waals surface area contributed by atoms with Gasteiger partial charge in [0.1, 0.15) is 11.6 Å². The van der Waals surface area contributed by atoms with Crippen LogP contribution in [0.5, 0.6) is 0 Å². The molecule has 1 fully saturated rings. The Labute approximate surface area is 212 Å². The highest BCUT2D eigenvalue weighted by molar-refractivity contribution is 5.96. The predicted octanol–water partition coefficient (Wildman–Crippen LogP) is 5.67. The maximum atomic E-state index is 14.3. The summed E-state index contributed by atoms with van der Waals surface area (Å²) in [6.45, 7) is 4.90. The second-order valence-corrected chi connectivity index (χ2v) is 9.97. The SMILES string of the molecule is CCCC(=O)OCCC1CCN(CC(=O)N2CCCC(c3ccc(F)cc3)c3ccc(F)cc32)CC1. The molecule has 194 valence electrons. The summed E-state index contributed by atoms with van der Waals surface area (Å²) < 4.78 is 33.1. The van der Waals surface area contributed by atoms with E-state index < -0.39 is 0 Å². The lowest BCUT2D eigenvalue weighted by atomic mass is 9.87. The van der Waals surface area contributed by atoms with Crippen LogP contribution in [0.2, 0.25) is 0 Å². The van der Waals surface area contributed by atoms with E-state index in [0.717, 1.165) is 62.7 Å². The molecule has 1 saturated heterocycles. The second kappa shape index (κ2) is 12.4. The number of benzene rings is 2. The molecular weight excluding hydrogens is 462 g/mol. The highest BCUT2D eigenvalue weighted by atomic mass is 19.1. The summed E-state index contributed by atoms with van der Waals surface area (Å²) in [6, 6.07) is 11.1. The van der Waals surface area contributed by atoms with E-state index in [1.807, 2.05) is 6.92 Å². The van der Waals surface area contributed by atoms with Crippen molar-refractivity contribution in [1.29, 1.82) is 0 Å². The van der Waals surface area contributed by atoms with Crippen molar-refractivity contribution < 1.29 is 23.1 Å². The number of esters is 1. The average Bonchev–Trinajstić information content (AvgIpc) is 3.05. The van der Waals surface area contributed by atoms with E-state index in [0.29, 0.717) is 37.7 Å². The molecule has 0 saturated carbocycles. The minimum absolute atomic E-state index is 0.0128. The normalized spacial score (nSPS) is 19.0. The Morgan fingerprint density at radius 2 is 1.69 bits per heavy atom. The number of amides is 1. The molecule has 5 nitrogen and oxygen atoms in total. The molecule has 1 amide bonds. The first kappa shape index (κ1) is 26.3. The van der Waals surface area contributed by atoms with E-state index >= 15 is 0 Å². The van der Waals surface area contributed by atoms with Crippen LogP contribution in [-0.2, 0) is 14.3 Å². The molecule has 36 heavy (non-hydrogen) atoms. The standard InChI is InChI=1S/C29H36F2N2O3/c1-2-4-29(35)36-18-14-21-12-16-32(17-13-21)20-28(34)33-15-3-5-25(22-6-8-23(30)9-7-22)26-11-10-24(31)19-27(26)33/h6-11,19,21,25H,2-5,12-18,20H2,1H3. The van der Waals surface area contributed by atoms with Crippen LogP contribution < -0.4 is 4.90 Å². The maximum absolute atomic E-state index is 14.3. The lowest BCUT2D eigenvalue weighted by Gasteiger charge is -2.33. The van der Waals surface area contributed by atoms with Gasteiger partial charge in [0.05, 0.1) is 18.8 Å². The van der Waals surface area contributed by atoms with E-state index in [2.05, 4.69) is 4.90 Å². The Kier molecular flexibility index (Phi) is 9.08. The molecule has 2 heterocycles. The van der Waals surface area contributed by atoms with Crippen molar-refractivity contribution in [3.8, 4) is 0 Å². The smallest absolute Gasteiger partial charge is 0.305 e. The zero-order valence-corrected chi connectivity index (χ0v) is 21.1. The fraction of sp³-hybridized carbons (Fsp3) is 0.517. The number of halogens is 2. The number of ether oxygens (including phenoxy) is 1. The summed E-state index contributed by atoms with van der Waals surface area (Å²) in [6.07, 6.45) is 5.65. The lowest BCUT2D eigenvalue weighted by molar-refractivity contribution is -0.144. The number of hydrogen-bond donors (Lipinski definition) is 0. The number of rotatable bonds is 8. The second-order valence-electron chi connectivity index (χ2n) is 9.97. The topological polar surface area (TPSA) is 49.9 Å². The Hall–Kier alpha value is -2.80. The van der Waals surface area contributed by atoms with Gasteiger partial charge in [-0.05, 0) is 92.9 Å². The van der Waals surface area contributed by atoms with Gasteiger partial charge in [0, 0.05) is 18.9 Å². The van der Waals surface area contributed by atoms with E-state index in [1.165, 1.54) is 24.3 Å². The Bertz CT molecular complexity index is 1040. The number of fused-ring (bicyclic) bond motifs is 1. The van der Waals surface area contributed by atoms with Gasteiger partial charge in [0.2, 0.25) is 5.91 Å². The predicted molar refractivity (Wildman–Crippen MR) is 136 cm³/mol. The number of anilines is 1. The zero-order valence-electron chi connectivity index (χ0n) is 21.1. The monoisotopic (exact) mass is 498 g/mol. The highest BCUT2D eigenvalue weighted by Gasteiger charge is 2.30. The summed E-state index contributed by atoms with van der Waals surface area (Å²) in [5.41, 5.74) is 2.50. The molecule has 0 spiro atoms. The third-order valence-electron chi connectivity index (χ3n) is 7.42. The zero-order chi connectivity index (χ0) is 25.5. The van der Waals surface area contributed by atoms with Gasteiger partial charge in [0.25, 0.3) is 0 Å². The minimum Gasteiger partial charge on any atom is -0.466 e. The number of nitrogens with zero attached hydrogens (tertiary/aromatic N) is 2. The fourth-order valence-electron chi connectivity index (χ4n) is 5.40. The average molecular weight is 499 g/mol. The van der Waals surface area contributed by atoms with Crippen molar-refractivity contribution in [1.82, 2.24) is 4.90 Å². The molecule has 7 heteroatoms. The molecule has 2 aliphatic heterocycles. The number of piperidine rings is 1. The summed E-state index contributed by atoms with van der Waals surface area (Å²) in [7, 11) is 0.